The van der Waals surface area contributed by atoms with Crippen LogP contribution in [-0.4, -0.2) is 37.8 Å². The van der Waals surface area contributed by atoms with Crippen LogP contribution in [0.2, 0.25) is 0 Å². The number of benzene rings is 1. The predicted molar refractivity (Wildman–Crippen MR) is 80.4 cm³/mol. The molecule has 0 saturated heterocycles. The summed E-state index contributed by atoms with van der Waals surface area (Å²) in [6.07, 6.45) is 2.75. The first-order valence-corrected chi connectivity index (χ1v) is 8.63. The van der Waals surface area contributed by atoms with Crippen molar-refractivity contribution in [3.05, 3.63) is 30.3 Å². The summed E-state index contributed by atoms with van der Waals surface area (Å²) >= 11 is 0. The SMILES string of the molecule is COP(=O)(CC[C@@]1(N(C)C)C[C@@H]1C)c1ccccc1. The highest BCUT2D eigenvalue weighted by Crippen LogP contribution is 2.54. The predicted octanol–water partition coefficient (Wildman–Crippen LogP) is 2.97. The van der Waals surface area contributed by atoms with Crippen LogP contribution in [0.25, 0.3) is 0 Å². The van der Waals surface area contributed by atoms with Gasteiger partial charge in [-0.3, -0.25) is 4.57 Å². The summed E-state index contributed by atoms with van der Waals surface area (Å²) in [6.45, 7) is 2.26. The third-order valence-electron chi connectivity index (χ3n) is 4.59. The van der Waals surface area contributed by atoms with Crippen LogP contribution in [0, 0.1) is 5.92 Å². The van der Waals surface area contributed by atoms with Gasteiger partial charge in [0.25, 0.3) is 0 Å². The molecule has 0 heterocycles. The monoisotopic (exact) mass is 281 g/mol. The molecule has 0 spiro atoms. The highest BCUT2D eigenvalue weighted by Gasteiger charge is 2.53. The van der Waals surface area contributed by atoms with Gasteiger partial charge in [0, 0.05) is 24.1 Å². The first-order valence-electron chi connectivity index (χ1n) is 6.82. The largest absolute Gasteiger partial charge is 0.329 e. The Morgan fingerprint density at radius 2 is 1.95 bits per heavy atom. The van der Waals surface area contributed by atoms with Gasteiger partial charge >= 0.3 is 0 Å². The second-order valence-electron chi connectivity index (χ2n) is 5.77. The highest BCUT2D eigenvalue weighted by atomic mass is 31.2. The third kappa shape index (κ3) is 2.79. The fourth-order valence-corrected chi connectivity index (χ4v) is 4.95. The molecule has 1 aromatic carbocycles. The molecular weight excluding hydrogens is 257 g/mol. The van der Waals surface area contributed by atoms with Crippen LogP contribution in [0.15, 0.2) is 30.3 Å². The van der Waals surface area contributed by atoms with Crippen molar-refractivity contribution in [3.8, 4) is 0 Å². The fraction of sp³-hybridized carbons (Fsp3) is 0.600. The summed E-state index contributed by atoms with van der Waals surface area (Å²) in [4.78, 5) is 2.28. The summed E-state index contributed by atoms with van der Waals surface area (Å²) < 4.78 is 18.3. The maximum absolute atomic E-state index is 12.9. The minimum atomic E-state index is -2.70. The molecule has 4 heteroatoms. The van der Waals surface area contributed by atoms with E-state index >= 15 is 0 Å². The van der Waals surface area contributed by atoms with Crippen molar-refractivity contribution in [2.75, 3.05) is 27.4 Å². The van der Waals surface area contributed by atoms with E-state index in [9.17, 15) is 4.57 Å². The zero-order valence-electron chi connectivity index (χ0n) is 12.3. The molecule has 106 valence electrons. The number of hydrogen-bond donors (Lipinski definition) is 0. The molecule has 2 rings (SSSR count). The normalized spacial score (nSPS) is 29.2. The number of nitrogens with zero attached hydrogens (tertiary/aromatic N) is 1. The van der Waals surface area contributed by atoms with Gasteiger partial charge in [0.05, 0.1) is 0 Å². The van der Waals surface area contributed by atoms with Crippen molar-refractivity contribution < 1.29 is 9.09 Å². The van der Waals surface area contributed by atoms with Crippen LogP contribution >= 0.6 is 7.37 Å². The summed E-state index contributed by atoms with van der Waals surface area (Å²) in [6, 6.07) is 9.59. The summed E-state index contributed by atoms with van der Waals surface area (Å²) in [5.41, 5.74) is 0.225. The van der Waals surface area contributed by atoms with Crippen LogP contribution < -0.4 is 5.30 Å². The van der Waals surface area contributed by atoms with Gasteiger partial charge in [-0.25, -0.2) is 0 Å². The topological polar surface area (TPSA) is 29.5 Å². The van der Waals surface area contributed by atoms with E-state index < -0.39 is 7.37 Å². The fourth-order valence-electron chi connectivity index (χ4n) is 2.99. The molecule has 0 amide bonds. The molecule has 3 nitrogen and oxygen atoms in total. The van der Waals surface area contributed by atoms with Crippen molar-refractivity contribution >= 4 is 12.7 Å². The Kier molecular flexibility index (Phi) is 4.20. The van der Waals surface area contributed by atoms with Crippen molar-refractivity contribution in [1.29, 1.82) is 0 Å². The molecule has 0 N–H and O–H groups in total. The maximum Gasteiger partial charge on any atom is 0.231 e. The van der Waals surface area contributed by atoms with Crippen LogP contribution in [-0.2, 0) is 9.09 Å². The molecule has 0 radical (unpaired) electrons. The Balaban J connectivity index is 2.11. The molecule has 19 heavy (non-hydrogen) atoms. The first-order chi connectivity index (χ1) is 8.94. The lowest BCUT2D eigenvalue weighted by molar-refractivity contribution is 0.244. The molecule has 0 aliphatic heterocycles. The van der Waals surface area contributed by atoms with Crippen molar-refractivity contribution in [2.45, 2.75) is 25.3 Å². The van der Waals surface area contributed by atoms with Crippen molar-refractivity contribution in [1.82, 2.24) is 4.90 Å². The Morgan fingerprint density at radius 3 is 2.37 bits per heavy atom. The smallest absolute Gasteiger partial charge is 0.231 e. The van der Waals surface area contributed by atoms with Crippen LogP contribution in [0.4, 0.5) is 0 Å². The quantitative estimate of drug-likeness (QED) is 0.751. The van der Waals surface area contributed by atoms with Crippen molar-refractivity contribution in [3.63, 3.8) is 0 Å². The first kappa shape index (κ1) is 14.8. The highest BCUT2D eigenvalue weighted by molar-refractivity contribution is 7.66. The zero-order valence-corrected chi connectivity index (χ0v) is 13.2. The Labute approximate surface area is 116 Å². The van der Waals surface area contributed by atoms with Gasteiger partial charge < -0.3 is 9.42 Å². The average Bonchev–Trinajstić information content (AvgIpc) is 3.09. The van der Waals surface area contributed by atoms with Gasteiger partial charge in [0.2, 0.25) is 7.37 Å². The molecule has 1 aliphatic rings. The minimum absolute atomic E-state index is 0.225. The minimum Gasteiger partial charge on any atom is -0.329 e. The zero-order chi connectivity index (χ0) is 14.1. The van der Waals surface area contributed by atoms with E-state index in [4.69, 9.17) is 4.52 Å². The van der Waals surface area contributed by atoms with E-state index in [0.29, 0.717) is 12.1 Å². The molecule has 1 aromatic rings. The molecule has 1 aliphatic carbocycles. The Bertz CT molecular complexity index is 474. The van der Waals surface area contributed by atoms with E-state index in [0.717, 1.165) is 11.7 Å². The second-order valence-corrected chi connectivity index (χ2v) is 8.44. The van der Waals surface area contributed by atoms with Crippen LogP contribution in [0.5, 0.6) is 0 Å². The van der Waals surface area contributed by atoms with E-state index in [-0.39, 0.29) is 5.54 Å². The molecule has 3 atom stereocenters. The molecule has 1 unspecified atom stereocenters. The molecule has 1 fully saturated rings. The maximum atomic E-state index is 12.9. The van der Waals surface area contributed by atoms with E-state index in [1.54, 1.807) is 7.11 Å². The number of rotatable bonds is 6. The third-order valence-corrected chi connectivity index (χ3v) is 7.08. The lowest BCUT2D eigenvalue weighted by Crippen LogP contribution is -2.33. The van der Waals surface area contributed by atoms with Gasteiger partial charge in [0.1, 0.15) is 0 Å². The lowest BCUT2D eigenvalue weighted by Gasteiger charge is -2.27. The summed E-state index contributed by atoms with van der Waals surface area (Å²) in [5.74, 6) is 0.684. The summed E-state index contributed by atoms with van der Waals surface area (Å²) in [5, 5.41) is 0.833. The van der Waals surface area contributed by atoms with Crippen molar-refractivity contribution in [2.24, 2.45) is 5.92 Å². The molecular formula is C15H24NO2P. The van der Waals surface area contributed by atoms with Gasteiger partial charge in [-0.05, 0) is 45.0 Å². The van der Waals surface area contributed by atoms with E-state index in [1.807, 2.05) is 30.3 Å². The molecule has 0 bridgehead atoms. The molecule has 1 saturated carbocycles. The number of hydrogen-bond acceptors (Lipinski definition) is 3. The van der Waals surface area contributed by atoms with Crippen LogP contribution in [0.1, 0.15) is 19.8 Å². The lowest BCUT2D eigenvalue weighted by atomic mass is 10.1. The van der Waals surface area contributed by atoms with Gasteiger partial charge in [0.15, 0.2) is 0 Å². The van der Waals surface area contributed by atoms with E-state index in [1.165, 1.54) is 6.42 Å². The van der Waals surface area contributed by atoms with Gasteiger partial charge in [-0.15, -0.1) is 0 Å². The molecule has 0 aromatic heterocycles. The Morgan fingerprint density at radius 1 is 1.37 bits per heavy atom. The average molecular weight is 281 g/mol. The Hall–Kier alpha value is -0.630. The summed E-state index contributed by atoms with van der Waals surface area (Å²) in [7, 11) is 3.09. The standard InChI is InChI=1S/C15H24NO2P/c1-13-12-15(13,16(2)3)10-11-19(17,18-4)14-8-6-5-7-9-14/h5-9,13H,10-12H2,1-4H3/t13-,15+,19?/m0/s1. The van der Waals surface area contributed by atoms with Crippen LogP contribution in [0.3, 0.4) is 0 Å². The van der Waals surface area contributed by atoms with Gasteiger partial charge in [-0.2, -0.15) is 0 Å². The van der Waals surface area contributed by atoms with Gasteiger partial charge in [-0.1, -0.05) is 25.1 Å². The van der Waals surface area contributed by atoms with E-state index in [2.05, 4.69) is 25.9 Å². The second kappa shape index (κ2) is 5.40.